The highest BCUT2D eigenvalue weighted by molar-refractivity contribution is 6.32. The minimum Gasteiger partial charge on any atom is -0.371 e. The van der Waals surface area contributed by atoms with Gasteiger partial charge < -0.3 is 10.1 Å². The summed E-state index contributed by atoms with van der Waals surface area (Å²) in [5.41, 5.74) is 2.17. The lowest BCUT2D eigenvalue weighted by molar-refractivity contribution is -0.0149. The van der Waals surface area contributed by atoms with E-state index in [1.165, 1.54) is 6.33 Å². The van der Waals surface area contributed by atoms with Crippen LogP contribution >= 0.6 is 11.6 Å². The van der Waals surface area contributed by atoms with Gasteiger partial charge in [-0.15, -0.1) is 0 Å². The van der Waals surface area contributed by atoms with Gasteiger partial charge in [0.05, 0.1) is 18.4 Å². The van der Waals surface area contributed by atoms with Gasteiger partial charge >= 0.3 is 0 Å². The Bertz CT molecular complexity index is 596. The maximum absolute atomic E-state index is 6.01. The molecular formula is C16H20ClN3O. The lowest BCUT2D eigenvalue weighted by atomic mass is 10.1. The van der Waals surface area contributed by atoms with Crippen LogP contribution in [0, 0.1) is 0 Å². The van der Waals surface area contributed by atoms with Gasteiger partial charge in [-0.05, 0) is 31.9 Å². The van der Waals surface area contributed by atoms with Crippen molar-refractivity contribution in [2.75, 3.05) is 5.32 Å². The van der Waals surface area contributed by atoms with Crippen LogP contribution in [0.1, 0.15) is 31.9 Å². The Morgan fingerprint density at radius 2 is 2.00 bits per heavy atom. The summed E-state index contributed by atoms with van der Waals surface area (Å²) in [7, 11) is 0. The Morgan fingerprint density at radius 3 is 2.71 bits per heavy atom. The average molecular weight is 306 g/mol. The van der Waals surface area contributed by atoms with Gasteiger partial charge in [0.15, 0.2) is 0 Å². The molecule has 0 unspecified atom stereocenters. The van der Waals surface area contributed by atoms with Crippen molar-refractivity contribution in [3.05, 3.63) is 52.9 Å². The fourth-order valence-corrected chi connectivity index (χ4v) is 1.93. The Morgan fingerprint density at radius 1 is 1.24 bits per heavy atom. The van der Waals surface area contributed by atoms with Gasteiger partial charge in [0.1, 0.15) is 17.2 Å². The standard InChI is InChI=1S/C16H20ClN3O/c1-16(2,3)21-10-13-6-4-5-12(7-13)8-19-15-14(17)9-18-11-20-15/h4-7,9,11H,8,10H2,1-3H3,(H,18,19,20). The zero-order valence-corrected chi connectivity index (χ0v) is 13.3. The maximum atomic E-state index is 6.01. The van der Waals surface area contributed by atoms with Crippen molar-refractivity contribution in [2.24, 2.45) is 0 Å². The first-order chi connectivity index (χ1) is 9.94. The normalized spacial score (nSPS) is 11.4. The van der Waals surface area contributed by atoms with E-state index in [1.807, 2.05) is 6.07 Å². The van der Waals surface area contributed by atoms with Crippen molar-refractivity contribution in [3.8, 4) is 0 Å². The predicted octanol–water partition coefficient (Wildman–Crippen LogP) is 4.06. The van der Waals surface area contributed by atoms with Crippen LogP contribution < -0.4 is 5.32 Å². The van der Waals surface area contributed by atoms with E-state index < -0.39 is 0 Å². The first-order valence-electron chi connectivity index (χ1n) is 6.85. The van der Waals surface area contributed by atoms with Crippen LogP contribution in [-0.4, -0.2) is 15.6 Å². The summed E-state index contributed by atoms with van der Waals surface area (Å²) >= 11 is 6.01. The summed E-state index contributed by atoms with van der Waals surface area (Å²) in [4.78, 5) is 7.97. The van der Waals surface area contributed by atoms with E-state index in [4.69, 9.17) is 16.3 Å². The second-order valence-corrected chi connectivity index (χ2v) is 6.20. The van der Waals surface area contributed by atoms with Gasteiger partial charge in [-0.1, -0.05) is 35.9 Å². The third-order valence-electron chi connectivity index (χ3n) is 2.79. The topological polar surface area (TPSA) is 47.0 Å². The van der Waals surface area contributed by atoms with E-state index in [1.54, 1.807) is 6.20 Å². The van der Waals surface area contributed by atoms with Crippen LogP contribution in [0.3, 0.4) is 0 Å². The number of ether oxygens (including phenoxy) is 1. The minimum atomic E-state index is -0.136. The zero-order chi connectivity index (χ0) is 15.3. The monoisotopic (exact) mass is 305 g/mol. The number of benzene rings is 1. The first-order valence-corrected chi connectivity index (χ1v) is 7.23. The number of hydrogen-bond donors (Lipinski definition) is 1. The van der Waals surface area contributed by atoms with Crippen LogP contribution in [0.2, 0.25) is 5.02 Å². The van der Waals surface area contributed by atoms with E-state index in [-0.39, 0.29) is 5.60 Å². The highest BCUT2D eigenvalue weighted by Crippen LogP contribution is 2.18. The first kappa shape index (κ1) is 15.7. The van der Waals surface area contributed by atoms with Crippen LogP contribution in [0.15, 0.2) is 36.8 Å². The summed E-state index contributed by atoms with van der Waals surface area (Å²) < 4.78 is 5.79. The van der Waals surface area contributed by atoms with E-state index in [9.17, 15) is 0 Å². The van der Waals surface area contributed by atoms with Gasteiger partial charge in [0, 0.05) is 6.54 Å². The molecule has 1 aromatic carbocycles. The Balaban J connectivity index is 1.96. The summed E-state index contributed by atoms with van der Waals surface area (Å²) in [5, 5.41) is 3.72. The van der Waals surface area contributed by atoms with E-state index >= 15 is 0 Å². The van der Waals surface area contributed by atoms with E-state index in [2.05, 4.69) is 54.3 Å². The number of nitrogens with zero attached hydrogens (tertiary/aromatic N) is 2. The van der Waals surface area contributed by atoms with Crippen LogP contribution in [0.5, 0.6) is 0 Å². The lowest BCUT2D eigenvalue weighted by Gasteiger charge is -2.19. The molecule has 112 valence electrons. The smallest absolute Gasteiger partial charge is 0.148 e. The molecule has 0 aliphatic heterocycles. The second-order valence-electron chi connectivity index (χ2n) is 5.79. The molecule has 0 saturated carbocycles. The van der Waals surface area contributed by atoms with Gasteiger partial charge in [0.25, 0.3) is 0 Å². The molecule has 0 fully saturated rings. The molecule has 1 N–H and O–H groups in total. The number of anilines is 1. The van der Waals surface area contributed by atoms with Crippen LogP contribution in [-0.2, 0) is 17.9 Å². The molecule has 0 bridgehead atoms. The molecule has 2 aromatic rings. The zero-order valence-electron chi connectivity index (χ0n) is 12.6. The summed E-state index contributed by atoms with van der Waals surface area (Å²) in [6, 6.07) is 8.27. The fourth-order valence-electron chi connectivity index (χ4n) is 1.76. The number of nitrogens with one attached hydrogen (secondary N) is 1. The van der Waals surface area contributed by atoms with Crippen molar-refractivity contribution in [1.29, 1.82) is 0 Å². The third-order valence-corrected chi connectivity index (χ3v) is 3.07. The number of hydrogen-bond acceptors (Lipinski definition) is 4. The molecule has 1 aromatic heterocycles. The number of rotatable bonds is 5. The van der Waals surface area contributed by atoms with E-state index in [0.29, 0.717) is 24.0 Å². The van der Waals surface area contributed by atoms with Gasteiger partial charge in [0.2, 0.25) is 0 Å². The summed E-state index contributed by atoms with van der Waals surface area (Å²) in [6.07, 6.45) is 3.05. The quantitative estimate of drug-likeness (QED) is 0.905. The molecule has 0 atom stereocenters. The molecule has 0 amide bonds. The largest absolute Gasteiger partial charge is 0.371 e. The molecule has 2 rings (SSSR count). The van der Waals surface area contributed by atoms with Gasteiger partial charge in [-0.3, -0.25) is 0 Å². The molecule has 0 spiro atoms. The van der Waals surface area contributed by atoms with Crippen LogP contribution in [0.4, 0.5) is 5.82 Å². The van der Waals surface area contributed by atoms with Crippen molar-refractivity contribution < 1.29 is 4.74 Å². The van der Waals surface area contributed by atoms with Gasteiger partial charge in [-0.2, -0.15) is 0 Å². The summed E-state index contributed by atoms with van der Waals surface area (Å²) in [5.74, 6) is 0.642. The number of halogens is 1. The highest BCUT2D eigenvalue weighted by Gasteiger charge is 2.10. The van der Waals surface area contributed by atoms with Crippen molar-refractivity contribution in [1.82, 2.24) is 9.97 Å². The minimum absolute atomic E-state index is 0.136. The molecule has 1 heterocycles. The maximum Gasteiger partial charge on any atom is 0.148 e. The molecule has 5 heteroatoms. The molecule has 21 heavy (non-hydrogen) atoms. The second kappa shape index (κ2) is 6.87. The Labute approximate surface area is 130 Å². The molecule has 0 radical (unpaired) electrons. The highest BCUT2D eigenvalue weighted by atomic mass is 35.5. The Kier molecular flexibility index (Phi) is 5.15. The van der Waals surface area contributed by atoms with Crippen LogP contribution in [0.25, 0.3) is 0 Å². The SMILES string of the molecule is CC(C)(C)OCc1cccc(CNc2ncncc2Cl)c1. The molecule has 0 aliphatic carbocycles. The molecule has 4 nitrogen and oxygen atoms in total. The van der Waals surface area contributed by atoms with Crippen molar-refractivity contribution in [2.45, 2.75) is 39.5 Å². The van der Waals surface area contributed by atoms with E-state index in [0.717, 1.165) is 11.1 Å². The lowest BCUT2D eigenvalue weighted by Crippen LogP contribution is -2.18. The third kappa shape index (κ3) is 5.33. The average Bonchev–Trinajstić information content (AvgIpc) is 2.44. The Hall–Kier alpha value is -1.65. The van der Waals surface area contributed by atoms with Crippen molar-refractivity contribution >= 4 is 17.4 Å². The molecule has 0 saturated heterocycles. The summed E-state index contributed by atoms with van der Waals surface area (Å²) in [6.45, 7) is 7.41. The molecule has 0 aliphatic rings. The van der Waals surface area contributed by atoms with Crippen molar-refractivity contribution in [3.63, 3.8) is 0 Å². The number of aromatic nitrogens is 2. The molecular weight excluding hydrogens is 286 g/mol. The van der Waals surface area contributed by atoms with Gasteiger partial charge in [-0.25, -0.2) is 9.97 Å². The predicted molar refractivity (Wildman–Crippen MR) is 85.4 cm³/mol. The fraction of sp³-hybridized carbons (Fsp3) is 0.375.